The molecule has 8 rings (SSSR count). The van der Waals surface area contributed by atoms with Gasteiger partial charge in [0.25, 0.3) is 0 Å². The lowest BCUT2D eigenvalue weighted by Gasteiger charge is -2.51. The highest BCUT2D eigenvalue weighted by molar-refractivity contribution is 6.11. The third-order valence-electron chi connectivity index (χ3n) is 11.0. The van der Waals surface area contributed by atoms with Crippen LogP contribution in [0.1, 0.15) is 77.2 Å². The van der Waals surface area contributed by atoms with Gasteiger partial charge in [-0.15, -0.1) is 0 Å². The lowest BCUT2D eigenvalue weighted by atomic mass is 9.49. The van der Waals surface area contributed by atoms with E-state index in [-0.39, 0.29) is 56.8 Å². The van der Waals surface area contributed by atoms with Gasteiger partial charge in [0.1, 0.15) is 57.8 Å². The van der Waals surface area contributed by atoms with Crippen molar-refractivity contribution in [2.75, 3.05) is 0 Å². The van der Waals surface area contributed by atoms with Crippen LogP contribution >= 0.6 is 0 Å². The van der Waals surface area contributed by atoms with Crippen molar-refractivity contribution in [2.45, 2.75) is 23.9 Å². The molecule has 6 atom stereocenters. The molecule has 0 bridgehead atoms. The fourth-order valence-corrected chi connectivity index (χ4v) is 8.35. The molecule has 2 aliphatic rings. The van der Waals surface area contributed by atoms with E-state index in [1.54, 1.807) is 24.3 Å². The molecule has 57 heavy (non-hydrogen) atoms. The monoisotopic (exact) mass is 766 g/mol. The summed E-state index contributed by atoms with van der Waals surface area (Å²) in [6.07, 6.45) is -1.10. The minimum Gasteiger partial charge on any atom is -0.508 e. The Kier molecular flexibility index (Phi) is 8.96. The number of ketones is 3. The van der Waals surface area contributed by atoms with E-state index in [9.17, 15) is 50.4 Å². The summed E-state index contributed by atoms with van der Waals surface area (Å²) >= 11 is 0. The van der Waals surface area contributed by atoms with Gasteiger partial charge in [-0.3, -0.25) is 14.4 Å². The van der Waals surface area contributed by atoms with Gasteiger partial charge >= 0.3 is 0 Å². The number of rotatable bonds is 9. The van der Waals surface area contributed by atoms with Crippen molar-refractivity contribution in [3.63, 3.8) is 0 Å². The van der Waals surface area contributed by atoms with E-state index in [0.717, 1.165) is 12.1 Å². The molecule has 0 spiro atoms. The minimum atomic E-state index is -1.35. The fourth-order valence-electron chi connectivity index (χ4n) is 8.35. The maximum Gasteiger partial charge on any atom is 0.178 e. The highest BCUT2D eigenvalue weighted by Gasteiger charge is 2.59. The molecule has 12 nitrogen and oxygen atoms in total. The third kappa shape index (κ3) is 6.26. The second kappa shape index (κ2) is 14.0. The second-order valence-corrected chi connectivity index (χ2v) is 14.3. The van der Waals surface area contributed by atoms with Crippen molar-refractivity contribution in [1.29, 1.82) is 0 Å². The quantitative estimate of drug-likeness (QED) is 0.0679. The van der Waals surface area contributed by atoms with Gasteiger partial charge in [0.05, 0.1) is 28.2 Å². The zero-order valence-corrected chi connectivity index (χ0v) is 29.7. The first-order valence-electron chi connectivity index (χ1n) is 17.9. The van der Waals surface area contributed by atoms with E-state index >= 15 is 4.79 Å². The van der Waals surface area contributed by atoms with Crippen molar-refractivity contribution >= 4 is 17.3 Å². The number of hydrogen-bond donors (Lipinski definition) is 8. The Labute approximate surface area is 324 Å². The molecule has 1 aliphatic carbocycles. The van der Waals surface area contributed by atoms with Gasteiger partial charge in [0, 0.05) is 35.8 Å². The molecule has 1 saturated carbocycles. The van der Waals surface area contributed by atoms with Gasteiger partial charge in [-0.1, -0.05) is 36.4 Å². The molecule has 1 aliphatic heterocycles. The Morgan fingerprint density at radius 2 is 0.807 bits per heavy atom. The lowest BCUT2D eigenvalue weighted by molar-refractivity contribution is 0.0452. The van der Waals surface area contributed by atoms with E-state index in [4.69, 9.17) is 4.74 Å². The number of aromatic hydroxyl groups is 8. The number of phenolic OH excluding ortho intramolecular Hbond substituents is 8. The Bertz CT molecular complexity index is 2560. The summed E-state index contributed by atoms with van der Waals surface area (Å²) in [5, 5.41) is 83.9. The molecule has 12 heteroatoms. The van der Waals surface area contributed by atoms with Crippen LogP contribution in [0.15, 0.2) is 121 Å². The molecule has 6 aromatic carbocycles. The maximum absolute atomic E-state index is 15.1. The van der Waals surface area contributed by atoms with Crippen LogP contribution in [0.4, 0.5) is 0 Å². The molecule has 1 heterocycles. The summed E-state index contributed by atoms with van der Waals surface area (Å²) < 4.78 is 6.24. The average molecular weight is 767 g/mol. The highest BCUT2D eigenvalue weighted by atomic mass is 16.5. The van der Waals surface area contributed by atoms with Crippen LogP contribution in [0.25, 0.3) is 0 Å². The smallest absolute Gasteiger partial charge is 0.178 e. The number of ether oxygens (including phenoxy) is 1. The Morgan fingerprint density at radius 1 is 0.421 bits per heavy atom. The predicted molar refractivity (Wildman–Crippen MR) is 204 cm³/mol. The van der Waals surface area contributed by atoms with Gasteiger partial charge in [0.2, 0.25) is 0 Å². The molecule has 286 valence electrons. The van der Waals surface area contributed by atoms with Crippen molar-refractivity contribution in [3.05, 3.63) is 160 Å². The molecule has 1 fully saturated rings. The van der Waals surface area contributed by atoms with E-state index in [1.807, 2.05) is 0 Å². The van der Waals surface area contributed by atoms with E-state index in [1.165, 1.54) is 84.9 Å². The first-order chi connectivity index (χ1) is 27.3. The van der Waals surface area contributed by atoms with Crippen LogP contribution < -0.4 is 4.74 Å². The SMILES string of the molecule is O=C(c1ccc(O)cc1O)[C@H]1[C@H](C(=O)c2ccc3c(c2O)[C@H](C(=O)c2ccc(O)cc2O)[C@@H](c2ccc(O)cc2)O3)[C@@H](c2ccc(O)cc2)[C@@H]1c1ccc(O)cc1. The minimum absolute atomic E-state index is 0.0356. The number of hydrogen-bond acceptors (Lipinski definition) is 12. The first kappa shape index (κ1) is 36.5. The van der Waals surface area contributed by atoms with Crippen LogP contribution in [-0.4, -0.2) is 58.2 Å². The summed E-state index contributed by atoms with van der Waals surface area (Å²) in [4.78, 5) is 44.1. The van der Waals surface area contributed by atoms with Crippen LogP contribution in [0, 0.1) is 11.8 Å². The summed E-state index contributed by atoms with van der Waals surface area (Å²) in [6, 6.07) is 27.7. The molecular formula is C45H34O12. The standard InChI is InChI=1S/C45H34O12/c46-24-7-1-21(2-8-24)35-36(22-3-9-25(47)10-4-22)39(38(35)41(53)29-15-13-27(49)19-32(29)51)44(56)31-17-18-34-37(43(31)55)40(42(54)30-16-14-28(50)20-33(30)52)45(57-34)23-5-11-26(48)12-6-23/h1-20,35-36,38-40,45-52,55H/t35-,36-,38+,39+,40+,45+/m0/s1. The Hall–Kier alpha value is -7.47. The van der Waals surface area contributed by atoms with Crippen molar-refractivity contribution in [2.24, 2.45) is 11.8 Å². The van der Waals surface area contributed by atoms with Gasteiger partial charge in [-0.05, 0) is 89.5 Å². The van der Waals surface area contributed by atoms with Crippen LogP contribution in [-0.2, 0) is 0 Å². The van der Waals surface area contributed by atoms with Gasteiger partial charge < -0.3 is 45.6 Å². The molecule has 0 unspecified atom stereocenters. The predicted octanol–water partition coefficient (Wildman–Crippen LogP) is 7.31. The molecule has 0 saturated heterocycles. The zero-order chi connectivity index (χ0) is 40.3. The van der Waals surface area contributed by atoms with E-state index in [2.05, 4.69) is 0 Å². The second-order valence-electron chi connectivity index (χ2n) is 14.3. The first-order valence-corrected chi connectivity index (χ1v) is 17.9. The number of carbonyl (C=O) groups excluding carboxylic acids is 3. The summed E-state index contributed by atoms with van der Waals surface area (Å²) in [7, 11) is 0. The van der Waals surface area contributed by atoms with E-state index in [0.29, 0.717) is 16.7 Å². The van der Waals surface area contributed by atoms with Crippen molar-refractivity contribution in [1.82, 2.24) is 0 Å². The largest absolute Gasteiger partial charge is 0.508 e. The molecular weight excluding hydrogens is 732 g/mol. The number of Topliss-reactive ketones (excluding diaryl/α,β-unsaturated/α-hetero) is 3. The van der Waals surface area contributed by atoms with Gasteiger partial charge in [-0.25, -0.2) is 0 Å². The van der Waals surface area contributed by atoms with Gasteiger partial charge in [-0.2, -0.15) is 0 Å². The normalized spacial score (nSPS) is 20.8. The lowest BCUT2D eigenvalue weighted by Crippen LogP contribution is -2.51. The fraction of sp³-hybridized carbons (Fsp3) is 0.133. The molecule has 0 aromatic heterocycles. The van der Waals surface area contributed by atoms with Crippen LogP contribution in [0.5, 0.6) is 51.7 Å². The maximum atomic E-state index is 15.1. The molecule has 0 radical (unpaired) electrons. The van der Waals surface area contributed by atoms with Crippen molar-refractivity contribution < 1.29 is 60.0 Å². The Morgan fingerprint density at radius 3 is 1.26 bits per heavy atom. The summed E-state index contributed by atoms with van der Waals surface area (Å²) in [5.74, 6) is -9.54. The number of carbonyl (C=O) groups is 3. The van der Waals surface area contributed by atoms with Crippen LogP contribution in [0.2, 0.25) is 0 Å². The summed E-state index contributed by atoms with van der Waals surface area (Å²) in [6.45, 7) is 0. The third-order valence-corrected chi connectivity index (χ3v) is 11.0. The Balaban J connectivity index is 1.28. The number of phenols is 8. The van der Waals surface area contributed by atoms with E-state index < -0.39 is 70.3 Å². The molecule has 6 aromatic rings. The number of benzene rings is 6. The zero-order valence-electron chi connectivity index (χ0n) is 29.7. The summed E-state index contributed by atoms with van der Waals surface area (Å²) in [5.41, 5.74) is 0.899. The molecule has 0 amide bonds. The average Bonchev–Trinajstić information content (AvgIpc) is 3.57. The number of fused-ring (bicyclic) bond motifs is 1. The van der Waals surface area contributed by atoms with Crippen LogP contribution in [0.3, 0.4) is 0 Å². The molecule has 8 N–H and O–H groups in total. The van der Waals surface area contributed by atoms with Gasteiger partial charge in [0.15, 0.2) is 17.3 Å². The topological polar surface area (TPSA) is 222 Å². The van der Waals surface area contributed by atoms with Crippen molar-refractivity contribution in [3.8, 4) is 51.7 Å². The highest BCUT2D eigenvalue weighted by Crippen LogP contribution is 2.61.